The van der Waals surface area contributed by atoms with Crippen molar-refractivity contribution in [2.45, 2.75) is 26.7 Å². The Bertz CT molecular complexity index is 1040. The summed E-state index contributed by atoms with van der Waals surface area (Å²) < 4.78 is 1.58. The number of hydrogen-bond acceptors (Lipinski definition) is 5. The highest BCUT2D eigenvalue weighted by atomic mass is 16.2. The summed E-state index contributed by atoms with van der Waals surface area (Å²) in [5, 5.41) is 7.19. The van der Waals surface area contributed by atoms with Gasteiger partial charge in [-0.1, -0.05) is 18.2 Å². The maximum Gasteiger partial charge on any atom is 0.291 e. The molecule has 1 aromatic carbocycles. The Morgan fingerprint density at radius 2 is 1.83 bits per heavy atom. The average molecular weight is 392 g/mol. The van der Waals surface area contributed by atoms with Gasteiger partial charge in [-0.25, -0.2) is 9.50 Å². The zero-order valence-electron chi connectivity index (χ0n) is 16.6. The molecule has 150 valence electrons. The second-order valence-electron chi connectivity index (χ2n) is 7.50. The number of carbonyl (C=O) groups is 2. The minimum atomic E-state index is -0.296. The van der Waals surface area contributed by atoms with Gasteiger partial charge in [0.05, 0.1) is 0 Å². The third-order valence-corrected chi connectivity index (χ3v) is 5.30. The lowest BCUT2D eigenvalue weighted by Crippen LogP contribution is -2.41. The molecule has 0 unspecified atom stereocenters. The third-order valence-electron chi connectivity index (χ3n) is 5.30. The molecule has 0 bridgehead atoms. The molecule has 1 fully saturated rings. The molecule has 1 aliphatic rings. The number of aryl methyl sites for hydroxylation is 2. The fraction of sp³-hybridized carbons (Fsp3) is 0.381. The van der Waals surface area contributed by atoms with Crippen LogP contribution in [0.5, 0.6) is 0 Å². The molecule has 2 amide bonds. The molecule has 1 aliphatic heterocycles. The Balaban J connectivity index is 1.31. The second kappa shape index (κ2) is 7.98. The summed E-state index contributed by atoms with van der Waals surface area (Å²) in [7, 11) is 0. The van der Waals surface area contributed by atoms with Gasteiger partial charge < -0.3 is 10.2 Å². The van der Waals surface area contributed by atoms with Crippen LogP contribution in [-0.2, 0) is 0 Å². The number of fused-ring (bicyclic) bond motifs is 1. The molecule has 0 spiro atoms. The van der Waals surface area contributed by atoms with E-state index in [-0.39, 0.29) is 17.6 Å². The van der Waals surface area contributed by atoms with E-state index in [4.69, 9.17) is 0 Å². The molecule has 8 nitrogen and oxygen atoms in total. The largest absolute Gasteiger partial charge is 0.349 e. The van der Waals surface area contributed by atoms with Gasteiger partial charge in [-0.3, -0.25) is 9.59 Å². The van der Waals surface area contributed by atoms with Gasteiger partial charge in [-0.15, -0.1) is 5.10 Å². The van der Waals surface area contributed by atoms with Gasteiger partial charge in [-0.2, -0.15) is 4.98 Å². The quantitative estimate of drug-likeness (QED) is 0.733. The van der Waals surface area contributed by atoms with Crippen LogP contribution in [0.15, 0.2) is 36.4 Å². The van der Waals surface area contributed by atoms with E-state index in [0.29, 0.717) is 31.3 Å². The van der Waals surface area contributed by atoms with Crippen molar-refractivity contribution < 1.29 is 9.59 Å². The van der Waals surface area contributed by atoms with E-state index in [9.17, 15) is 9.59 Å². The highest BCUT2D eigenvalue weighted by Gasteiger charge is 2.24. The monoisotopic (exact) mass is 392 g/mol. The SMILES string of the molecule is Cc1cc(C)n2nc(C(=O)NCC3CCN(C(=O)c4ccccc4)CC3)nc2n1. The molecule has 3 heterocycles. The summed E-state index contributed by atoms with van der Waals surface area (Å²) in [4.78, 5) is 35.4. The molecule has 8 heteroatoms. The van der Waals surface area contributed by atoms with Crippen LogP contribution in [0.2, 0.25) is 0 Å². The number of benzene rings is 1. The van der Waals surface area contributed by atoms with Crippen LogP contribution in [0.25, 0.3) is 5.78 Å². The summed E-state index contributed by atoms with van der Waals surface area (Å²) in [5.41, 5.74) is 2.44. The summed E-state index contributed by atoms with van der Waals surface area (Å²) >= 11 is 0. The predicted octanol–water partition coefficient (Wildman–Crippen LogP) is 2.02. The van der Waals surface area contributed by atoms with Gasteiger partial charge in [0.15, 0.2) is 0 Å². The van der Waals surface area contributed by atoms with Crippen molar-refractivity contribution in [1.82, 2.24) is 29.8 Å². The van der Waals surface area contributed by atoms with Gasteiger partial charge >= 0.3 is 0 Å². The number of rotatable bonds is 4. The number of nitrogens with one attached hydrogen (secondary N) is 1. The van der Waals surface area contributed by atoms with Crippen LogP contribution in [0, 0.1) is 19.8 Å². The van der Waals surface area contributed by atoms with E-state index < -0.39 is 0 Å². The van der Waals surface area contributed by atoms with Crippen molar-refractivity contribution in [3.63, 3.8) is 0 Å². The first-order valence-corrected chi connectivity index (χ1v) is 9.85. The zero-order valence-corrected chi connectivity index (χ0v) is 16.6. The number of piperidine rings is 1. The maximum atomic E-state index is 12.5. The summed E-state index contributed by atoms with van der Waals surface area (Å²) in [6.45, 7) is 5.73. The molecule has 4 rings (SSSR count). The van der Waals surface area contributed by atoms with E-state index in [1.807, 2.05) is 55.1 Å². The Kier molecular flexibility index (Phi) is 5.24. The molecular weight excluding hydrogens is 368 g/mol. The summed E-state index contributed by atoms with van der Waals surface area (Å²) in [6, 6.07) is 11.2. The minimum absolute atomic E-state index is 0.0696. The van der Waals surface area contributed by atoms with Crippen molar-refractivity contribution in [3.8, 4) is 0 Å². The normalized spacial score (nSPS) is 14.9. The van der Waals surface area contributed by atoms with Gasteiger partial charge in [0, 0.05) is 36.6 Å². The fourth-order valence-corrected chi connectivity index (χ4v) is 3.68. The van der Waals surface area contributed by atoms with Gasteiger partial charge in [0.25, 0.3) is 17.6 Å². The van der Waals surface area contributed by atoms with Crippen LogP contribution in [0.4, 0.5) is 0 Å². The number of carbonyl (C=O) groups excluding carboxylic acids is 2. The third kappa shape index (κ3) is 4.11. The van der Waals surface area contributed by atoms with Crippen molar-refractivity contribution in [2.75, 3.05) is 19.6 Å². The first-order chi connectivity index (χ1) is 14.0. The van der Waals surface area contributed by atoms with E-state index in [1.54, 1.807) is 4.52 Å². The predicted molar refractivity (Wildman–Crippen MR) is 108 cm³/mol. The number of hydrogen-bond donors (Lipinski definition) is 1. The van der Waals surface area contributed by atoms with Crippen LogP contribution in [-0.4, -0.2) is 55.9 Å². The summed E-state index contributed by atoms with van der Waals surface area (Å²) in [6.07, 6.45) is 1.72. The lowest BCUT2D eigenvalue weighted by Gasteiger charge is -2.32. The maximum absolute atomic E-state index is 12.5. The standard InChI is InChI=1S/C21H24N6O2/c1-14-12-15(2)27-21(23-14)24-18(25-27)19(28)22-13-16-8-10-26(11-9-16)20(29)17-6-4-3-5-7-17/h3-7,12,16H,8-11,13H2,1-2H3,(H,22,28). The van der Waals surface area contributed by atoms with Crippen LogP contribution in [0.1, 0.15) is 45.2 Å². The van der Waals surface area contributed by atoms with E-state index in [1.165, 1.54) is 0 Å². The molecule has 0 radical (unpaired) electrons. The summed E-state index contributed by atoms with van der Waals surface area (Å²) in [5.74, 6) is 0.664. The molecular formula is C21H24N6O2. The number of amides is 2. The van der Waals surface area contributed by atoms with Gasteiger partial charge in [0.1, 0.15) is 0 Å². The van der Waals surface area contributed by atoms with Crippen molar-refractivity contribution >= 4 is 17.6 Å². The van der Waals surface area contributed by atoms with E-state index in [0.717, 1.165) is 29.8 Å². The molecule has 0 saturated carbocycles. The second-order valence-corrected chi connectivity index (χ2v) is 7.50. The molecule has 29 heavy (non-hydrogen) atoms. The van der Waals surface area contributed by atoms with Crippen LogP contribution in [0.3, 0.4) is 0 Å². The molecule has 1 N–H and O–H groups in total. The van der Waals surface area contributed by atoms with Crippen molar-refractivity contribution in [2.24, 2.45) is 5.92 Å². The van der Waals surface area contributed by atoms with E-state index >= 15 is 0 Å². The van der Waals surface area contributed by atoms with Crippen molar-refractivity contribution in [1.29, 1.82) is 0 Å². The molecule has 2 aromatic heterocycles. The number of aromatic nitrogens is 4. The molecule has 3 aromatic rings. The molecule has 1 saturated heterocycles. The number of nitrogens with zero attached hydrogens (tertiary/aromatic N) is 5. The van der Waals surface area contributed by atoms with Gasteiger partial charge in [-0.05, 0) is 50.8 Å². The zero-order chi connectivity index (χ0) is 20.4. The average Bonchev–Trinajstić information content (AvgIpc) is 3.17. The first kappa shape index (κ1) is 19.0. The highest BCUT2D eigenvalue weighted by molar-refractivity contribution is 5.94. The smallest absolute Gasteiger partial charge is 0.291 e. The lowest BCUT2D eigenvalue weighted by atomic mass is 9.96. The van der Waals surface area contributed by atoms with Crippen molar-refractivity contribution in [3.05, 3.63) is 59.2 Å². The van der Waals surface area contributed by atoms with Crippen LogP contribution >= 0.6 is 0 Å². The Hall–Kier alpha value is -3.29. The Morgan fingerprint density at radius 1 is 1.10 bits per heavy atom. The van der Waals surface area contributed by atoms with E-state index in [2.05, 4.69) is 20.4 Å². The number of likely N-dealkylation sites (tertiary alicyclic amines) is 1. The van der Waals surface area contributed by atoms with Gasteiger partial charge in [0.2, 0.25) is 5.82 Å². The first-order valence-electron chi connectivity index (χ1n) is 9.85. The molecule has 0 aliphatic carbocycles. The Labute approximate surface area is 169 Å². The fourth-order valence-electron chi connectivity index (χ4n) is 3.68. The highest BCUT2D eigenvalue weighted by Crippen LogP contribution is 2.18. The molecule has 0 atom stereocenters. The lowest BCUT2D eigenvalue weighted by molar-refractivity contribution is 0.0684. The van der Waals surface area contributed by atoms with Crippen LogP contribution < -0.4 is 5.32 Å². The minimum Gasteiger partial charge on any atom is -0.349 e. The Morgan fingerprint density at radius 3 is 2.55 bits per heavy atom. The topological polar surface area (TPSA) is 92.5 Å².